The molecular weight excluding hydrogens is 287 g/mol. The van der Waals surface area contributed by atoms with E-state index in [1.807, 2.05) is 0 Å². The number of primary sulfonamides is 1. The van der Waals surface area contributed by atoms with Crippen LogP contribution in [0.4, 0.5) is 10.1 Å². The number of nitrogens with zero attached hydrogens (tertiary/aromatic N) is 1. The van der Waals surface area contributed by atoms with Gasteiger partial charge in [0, 0.05) is 20.0 Å². The van der Waals surface area contributed by atoms with Gasteiger partial charge in [-0.1, -0.05) is 0 Å². The van der Waals surface area contributed by atoms with Gasteiger partial charge in [-0.2, -0.15) is 0 Å². The maximum absolute atomic E-state index is 13.8. The van der Waals surface area contributed by atoms with Gasteiger partial charge in [0.05, 0.1) is 17.7 Å². The van der Waals surface area contributed by atoms with Crippen LogP contribution < -0.4 is 10.0 Å². The molecule has 112 valence electrons. The molecule has 0 spiro atoms. The Balaban J connectivity index is 2.74. The van der Waals surface area contributed by atoms with Crippen LogP contribution in [0.5, 0.6) is 0 Å². The number of anilines is 1. The second-order valence-corrected chi connectivity index (χ2v) is 5.82. The van der Waals surface area contributed by atoms with Crippen LogP contribution in [0.25, 0.3) is 0 Å². The number of hydrogen-bond acceptors (Lipinski definition) is 5. The zero-order valence-corrected chi connectivity index (χ0v) is 12.1. The molecule has 0 aromatic heterocycles. The molecule has 1 aromatic carbocycles. The SMILES string of the molecule is COC(=O)CCCN(C)c1ccc(S(N)(=O)=O)cc1F. The average molecular weight is 304 g/mol. The van der Waals surface area contributed by atoms with Gasteiger partial charge < -0.3 is 9.64 Å². The molecule has 1 aromatic rings. The summed E-state index contributed by atoms with van der Waals surface area (Å²) < 4.78 is 40.5. The molecule has 0 saturated heterocycles. The van der Waals surface area contributed by atoms with Gasteiger partial charge in [0.2, 0.25) is 10.0 Å². The average Bonchev–Trinajstić information content (AvgIpc) is 2.37. The van der Waals surface area contributed by atoms with E-state index in [2.05, 4.69) is 4.74 Å². The van der Waals surface area contributed by atoms with E-state index in [9.17, 15) is 17.6 Å². The normalized spacial score (nSPS) is 11.2. The summed E-state index contributed by atoms with van der Waals surface area (Å²) in [4.78, 5) is 12.3. The molecule has 20 heavy (non-hydrogen) atoms. The molecule has 0 aliphatic carbocycles. The summed E-state index contributed by atoms with van der Waals surface area (Å²) in [5, 5.41) is 4.92. The molecule has 0 heterocycles. The van der Waals surface area contributed by atoms with Crippen molar-refractivity contribution >= 4 is 21.7 Å². The number of carbonyl (C=O) groups is 1. The summed E-state index contributed by atoms with van der Waals surface area (Å²) in [6.07, 6.45) is 0.733. The molecule has 0 radical (unpaired) electrons. The van der Waals surface area contributed by atoms with E-state index < -0.39 is 15.8 Å². The predicted octanol–water partition coefficient (Wildman–Crippen LogP) is 0.863. The third kappa shape index (κ3) is 4.46. The largest absolute Gasteiger partial charge is 0.469 e. The lowest BCUT2D eigenvalue weighted by molar-refractivity contribution is -0.140. The number of esters is 1. The van der Waals surface area contributed by atoms with Crippen molar-refractivity contribution < 1.29 is 22.3 Å². The van der Waals surface area contributed by atoms with Gasteiger partial charge in [-0.3, -0.25) is 4.79 Å². The van der Waals surface area contributed by atoms with Gasteiger partial charge in [0.15, 0.2) is 0 Å². The number of rotatable bonds is 6. The highest BCUT2D eigenvalue weighted by Crippen LogP contribution is 2.21. The Hall–Kier alpha value is -1.67. The minimum Gasteiger partial charge on any atom is -0.469 e. The van der Waals surface area contributed by atoms with Crippen LogP contribution in [-0.4, -0.2) is 35.1 Å². The molecular formula is C12H17FN2O4S. The molecule has 1 rings (SSSR count). The zero-order valence-electron chi connectivity index (χ0n) is 11.3. The van der Waals surface area contributed by atoms with Crippen molar-refractivity contribution in [3.63, 3.8) is 0 Å². The second kappa shape index (κ2) is 6.67. The van der Waals surface area contributed by atoms with Crippen LogP contribution in [0.15, 0.2) is 23.1 Å². The molecule has 0 fully saturated rings. The van der Waals surface area contributed by atoms with E-state index >= 15 is 0 Å². The second-order valence-electron chi connectivity index (χ2n) is 4.26. The molecule has 0 bridgehead atoms. The maximum Gasteiger partial charge on any atom is 0.305 e. The molecule has 8 heteroatoms. The first-order valence-corrected chi connectivity index (χ1v) is 7.40. The van der Waals surface area contributed by atoms with Crippen LogP contribution in [-0.2, 0) is 19.6 Å². The number of ether oxygens (including phenoxy) is 1. The molecule has 0 aliphatic rings. The maximum atomic E-state index is 13.8. The van der Waals surface area contributed by atoms with E-state index in [1.165, 1.54) is 19.2 Å². The number of nitrogens with two attached hydrogens (primary N) is 1. The third-order valence-electron chi connectivity index (χ3n) is 2.76. The van der Waals surface area contributed by atoms with Gasteiger partial charge in [0.1, 0.15) is 5.82 Å². The van der Waals surface area contributed by atoms with Crippen molar-refractivity contribution in [2.45, 2.75) is 17.7 Å². The summed E-state index contributed by atoms with van der Waals surface area (Å²) in [7, 11) is -0.971. The number of sulfonamides is 1. The fourth-order valence-corrected chi connectivity index (χ4v) is 2.18. The molecule has 0 unspecified atom stereocenters. The molecule has 0 amide bonds. The summed E-state index contributed by atoms with van der Waals surface area (Å²) in [5.41, 5.74) is 0.238. The Morgan fingerprint density at radius 2 is 2.10 bits per heavy atom. The van der Waals surface area contributed by atoms with E-state index in [0.29, 0.717) is 13.0 Å². The minimum absolute atomic E-state index is 0.234. The first-order valence-electron chi connectivity index (χ1n) is 5.86. The fourth-order valence-electron chi connectivity index (χ4n) is 1.66. The Morgan fingerprint density at radius 1 is 1.45 bits per heavy atom. The third-order valence-corrected chi connectivity index (χ3v) is 3.67. The summed E-state index contributed by atoms with van der Waals surface area (Å²) >= 11 is 0. The number of methoxy groups -OCH3 is 1. The molecule has 2 N–H and O–H groups in total. The highest BCUT2D eigenvalue weighted by molar-refractivity contribution is 7.89. The lowest BCUT2D eigenvalue weighted by atomic mass is 10.2. The van der Waals surface area contributed by atoms with Crippen molar-refractivity contribution in [2.75, 3.05) is 25.6 Å². The van der Waals surface area contributed by atoms with Gasteiger partial charge in [-0.15, -0.1) is 0 Å². The Bertz CT molecular complexity index is 589. The van der Waals surface area contributed by atoms with Crippen LogP contribution >= 0.6 is 0 Å². The Morgan fingerprint density at radius 3 is 2.60 bits per heavy atom. The molecule has 0 atom stereocenters. The molecule has 0 saturated carbocycles. The first kappa shape index (κ1) is 16.4. The molecule has 6 nitrogen and oxygen atoms in total. The van der Waals surface area contributed by atoms with Crippen molar-refractivity contribution in [3.05, 3.63) is 24.0 Å². The standard InChI is InChI=1S/C12H17FN2O4S/c1-15(7-3-4-12(16)19-2)11-6-5-9(8-10(11)13)20(14,17)18/h5-6,8H,3-4,7H2,1-2H3,(H2,14,17,18). The zero-order chi connectivity index (χ0) is 15.3. The Labute approximate surface area is 117 Å². The first-order chi connectivity index (χ1) is 9.25. The van der Waals surface area contributed by atoms with Crippen LogP contribution in [0.3, 0.4) is 0 Å². The lowest BCUT2D eigenvalue weighted by Gasteiger charge is -2.19. The predicted molar refractivity (Wildman–Crippen MR) is 72.3 cm³/mol. The number of benzene rings is 1. The van der Waals surface area contributed by atoms with Gasteiger partial charge >= 0.3 is 5.97 Å². The van der Waals surface area contributed by atoms with Crippen LogP contribution in [0, 0.1) is 5.82 Å². The summed E-state index contributed by atoms with van der Waals surface area (Å²) in [6, 6.07) is 3.46. The van der Waals surface area contributed by atoms with Gasteiger partial charge in [-0.25, -0.2) is 17.9 Å². The Kier molecular flexibility index (Phi) is 5.46. The quantitative estimate of drug-likeness (QED) is 0.787. The van der Waals surface area contributed by atoms with Crippen molar-refractivity contribution in [1.82, 2.24) is 0 Å². The van der Waals surface area contributed by atoms with Crippen molar-refractivity contribution in [3.8, 4) is 0 Å². The highest BCUT2D eigenvalue weighted by Gasteiger charge is 2.14. The highest BCUT2D eigenvalue weighted by atomic mass is 32.2. The topological polar surface area (TPSA) is 89.7 Å². The van der Waals surface area contributed by atoms with Crippen molar-refractivity contribution in [1.29, 1.82) is 0 Å². The summed E-state index contributed by atoms with van der Waals surface area (Å²) in [5.74, 6) is -1.01. The number of halogens is 1. The van der Waals surface area contributed by atoms with Crippen molar-refractivity contribution in [2.24, 2.45) is 5.14 Å². The minimum atomic E-state index is -3.92. The smallest absolute Gasteiger partial charge is 0.305 e. The van der Waals surface area contributed by atoms with E-state index in [0.717, 1.165) is 6.07 Å². The summed E-state index contributed by atoms with van der Waals surface area (Å²) in [6.45, 7) is 0.431. The van der Waals surface area contributed by atoms with E-state index in [1.54, 1.807) is 11.9 Å². The van der Waals surface area contributed by atoms with E-state index in [4.69, 9.17) is 5.14 Å². The van der Waals surface area contributed by atoms with Crippen LogP contribution in [0.2, 0.25) is 0 Å². The van der Waals surface area contributed by atoms with E-state index in [-0.39, 0.29) is 23.0 Å². The van der Waals surface area contributed by atoms with Gasteiger partial charge in [0.25, 0.3) is 0 Å². The fraction of sp³-hybridized carbons (Fsp3) is 0.417. The lowest BCUT2D eigenvalue weighted by Crippen LogP contribution is -2.21. The number of hydrogen-bond donors (Lipinski definition) is 1. The van der Waals surface area contributed by atoms with Crippen LogP contribution in [0.1, 0.15) is 12.8 Å². The molecule has 0 aliphatic heterocycles. The number of carbonyl (C=O) groups excluding carboxylic acids is 1. The monoisotopic (exact) mass is 304 g/mol. The van der Waals surface area contributed by atoms with Gasteiger partial charge in [-0.05, 0) is 24.6 Å².